The molecule has 0 saturated carbocycles. The van der Waals surface area contributed by atoms with Crippen molar-refractivity contribution in [2.24, 2.45) is 0 Å². The van der Waals surface area contributed by atoms with Crippen molar-refractivity contribution in [3.05, 3.63) is 23.8 Å². The van der Waals surface area contributed by atoms with Gasteiger partial charge in [-0.05, 0) is 30.2 Å². The third-order valence-corrected chi connectivity index (χ3v) is 4.84. The number of likely N-dealkylation sites (N-methyl/N-ethyl adjacent to an activating group) is 1. The molecular formula is C14H18ClNO4S. The predicted molar refractivity (Wildman–Crippen MR) is 80.1 cm³/mol. The molecule has 0 saturated heterocycles. The van der Waals surface area contributed by atoms with Crippen molar-refractivity contribution in [1.29, 1.82) is 0 Å². The Bertz CT molecular complexity index is 644. The lowest BCUT2D eigenvalue weighted by molar-refractivity contribution is -0.136. The van der Waals surface area contributed by atoms with Crippen molar-refractivity contribution in [3.63, 3.8) is 0 Å². The largest absolute Gasteiger partial charge is 0.480 e. The summed E-state index contributed by atoms with van der Waals surface area (Å²) in [5.41, 5.74) is 0.693. The fourth-order valence-corrected chi connectivity index (χ4v) is 3.07. The minimum Gasteiger partial charge on any atom is -0.480 e. The molecule has 1 atom stereocenters. The van der Waals surface area contributed by atoms with Gasteiger partial charge in [0.1, 0.15) is 5.75 Å². The Balaban J connectivity index is 2.11. The molecule has 1 aromatic carbocycles. The molecule has 1 heterocycles. The summed E-state index contributed by atoms with van der Waals surface area (Å²) in [7, 11) is 3.30. The van der Waals surface area contributed by atoms with Gasteiger partial charge in [0.25, 0.3) is 15.0 Å². The number of nitrogens with zero attached hydrogens (tertiary/aromatic N) is 1. The first-order valence-corrected chi connectivity index (χ1v) is 9.13. The van der Waals surface area contributed by atoms with Crippen LogP contribution >= 0.6 is 10.7 Å². The van der Waals surface area contributed by atoms with Gasteiger partial charge in [-0.25, -0.2) is 8.42 Å². The van der Waals surface area contributed by atoms with Crippen molar-refractivity contribution in [1.82, 2.24) is 4.90 Å². The molecule has 1 aliphatic heterocycles. The van der Waals surface area contributed by atoms with Gasteiger partial charge in [0.15, 0.2) is 6.10 Å². The molecule has 1 aliphatic rings. The number of ether oxygens (including phenoxy) is 1. The summed E-state index contributed by atoms with van der Waals surface area (Å²) in [6.07, 6.45) is 1.73. The Kier molecular flexibility index (Phi) is 4.78. The molecule has 5 nitrogen and oxygen atoms in total. The van der Waals surface area contributed by atoms with Crippen molar-refractivity contribution < 1.29 is 17.9 Å². The molecule has 0 aromatic heterocycles. The van der Waals surface area contributed by atoms with Gasteiger partial charge in [0.2, 0.25) is 0 Å². The minimum absolute atomic E-state index is 0.0268. The fourth-order valence-electron chi connectivity index (χ4n) is 2.27. The van der Waals surface area contributed by atoms with Crippen molar-refractivity contribution in [2.45, 2.75) is 37.2 Å². The lowest BCUT2D eigenvalue weighted by atomic mass is 10.1. The molecule has 2 rings (SSSR count). The zero-order valence-corrected chi connectivity index (χ0v) is 13.6. The van der Waals surface area contributed by atoms with E-state index in [9.17, 15) is 13.2 Å². The van der Waals surface area contributed by atoms with Crippen molar-refractivity contribution in [2.75, 3.05) is 13.6 Å². The summed E-state index contributed by atoms with van der Waals surface area (Å²) in [6, 6.07) is 4.40. The molecule has 0 radical (unpaired) electrons. The predicted octanol–water partition coefficient (Wildman–Crippen LogP) is 2.18. The number of amides is 1. The van der Waals surface area contributed by atoms with E-state index in [1.165, 1.54) is 12.1 Å². The number of fused-ring (bicyclic) bond motifs is 1. The Morgan fingerprint density at radius 3 is 2.81 bits per heavy atom. The maximum atomic E-state index is 12.3. The third kappa shape index (κ3) is 3.68. The molecule has 0 spiro atoms. The first-order chi connectivity index (χ1) is 9.82. The van der Waals surface area contributed by atoms with E-state index in [0.29, 0.717) is 24.3 Å². The van der Waals surface area contributed by atoms with Gasteiger partial charge in [-0.2, -0.15) is 0 Å². The molecule has 21 heavy (non-hydrogen) atoms. The summed E-state index contributed by atoms with van der Waals surface area (Å²) in [6.45, 7) is 2.75. The van der Waals surface area contributed by atoms with E-state index in [1.807, 2.05) is 0 Å². The number of unbranched alkanes of at least 4 members (excludes halogenated alkanes) is 1. The first-order valence-electron chi connectivity index (χ1n) is 6.82. The van der Waals surface area contributed by atoms with E-state index in [0.717, 1.165) is 12.8 Å². The van der Waals surface area contributed by atoms with Gasteiger partial charge in [0, 0.05) is 30.7 Å². The van der Waals surface area contributed by atoms with Crippen LogP contribution in [0.15, 0.2) is 23.1 Å². The molecule has 1 amide bonds. The number of halogens is 1. The number of rotatable bonds is 5. The molecule has 7 heteroatoms. The van der Waals surface area contributed by atoms with Crippen LogP contribution in [-0.2, 0) is 20.3 Å². The molecular weight excluding hydrogens is 314 g/mol. The quantitative estimate of drug-likeness (QED) is 0.776. The second-order valence-electron chi connectivity index (χ2n) is 5.13. The van der Waals surface area contributed by atoms with Crippen LogP contribution in [0.5, 0.6) is 5.75 Å². The summed E-state index contributed by atoms with van der Waals surface area (Å²) in [5, 5.41) is 0. The number of benzene rings is 1. The maximum Gasteiger partial charge on any atom is 0.263 e. The van der Waals surface area contributed by atoms with Gasteiger partial charge in [0.05, 0.1) is 4.90 Å². The highest BCUT2D eigenvalue weighted by atomic mass is 35.7. The minimum atomic E-state index is -3.77. The maximum absolute atomic E-state index is 12.3. The lowest BCUT2D eigenvalue weighted by Gasteiger charge is -2.20. The molecule has 0 bridgehead atoms. The number of hydrogen-bond acceptors (Lipinski definition) is 4. The van der Waals surface area contributed by atoms with Crippen LogP contribution in [0, 0.1) is 0 Å². The monoisotopic (exact) mass is 331 g/mol. The van der Waals surface area contributed by atoms with E-state index < -0.39 is 15.2 Å². The van der Waals surface area contributed by atoms with Crippen LogP contribution in [0.3, 0.4) is 0 Å². The van der Waals surface area contributed by atoms with Gasteiger partial charge in [-0.15, -0.1) is 0 Å². The van der Waals surface area contributed by atoms with Crippen LogP contribution in [-0.4, -0.2) is 38.9 Å². The highest BCUT2D eigenvalue weighted by molar-refractivity contribution is 8.13. The summed E-state index contributed by atoms with van der Waals surface area (Å²) >= 11 is 0. The second-order valence-corrected chi connectivity index (χ2v) is 7.70. The Hall–Kier alpha value is -1.27. The first kappa shape index (κ1) is 16.1. The van der Waals surface area contributed by atoms with Crippen LogP contribution in [0.4, 0.5) is 0 Å². The molecule has 1 aromatic rings. The van der Waals surface area contributed by atoms with Gasteiger partial charge < -0.3 is 9.64 Å². The summed E-state index contributed by atoms with van der Waals surface area (Å²) < 4.78 is 28.3. The van der Waals surface area contributed by atoms with E-state index in [1.54, 1.807) is 18.0 Å². The number of carbonyl (C=O) groups is 1. The van der Waals surface area contributed by atoms with Crippen LogP contribution in [0.25, 0.3) is 0 Å². The fraction of sp³-hybridized carbons (Fsp3) is 0.500. The summed E-state index contributed by atoms with van der Waals surface area (Å²) in [4.78, 5) is 13.9. The average molecular weight is 332 g/mol. The van der Waals surface area contributed by atoms with E-state index in [2.05, 4.69) is 6.92 Å². The Morgan fingerprint density at radius 1 is 1.48 bits per heavy atom. The molecule has 0 fully saturated rings. The number of carbonyl (C=O) groups excluding carboxylic acids is 1. The van der Waals surface area contributed by atoms with Crippen molar-refractivity contribution in [3.8, 4) is 5.75 Å². The van der Waals surface area contributed by atoms with E-state index in [-0.39, 0.29) is 10.8 Å². The zero-order valence-electron chi connectivity index (χ0n) is 12.0. The number of hydrogen-bond donors (Lipinski definition) is 0. The van der Waals surface area contributed by atoms with E-state index >= 15 is 0 Å². The molecule has 116 valence electrons. The average Bonchev–Trinajstić information content (AvgIpc) is 2.85. The normalized spacial score (nSPS) is 17.2. The standard InChI is InChI=1S/C14H18ClNO4S/c1-3-4-7-16(2)14(17)13-9-10-8-11(21(15,18)19)5-6-12(10)20-13/h5-6,8,13H,3-4,7,9H2,1-2H3. The zero-order chi connectivity index (χ0) is 15.6. The topological polar surface area (TPSA) is 63.7 Å². The van der Waals surface area contributed by atoms with Gasteiger partial charge in [-0.3, -0.25) is 4.79 Å². The van der Waals surface area contributed by atoms with Crippen LogP contribution in [0.2, 0.25) is 0 Å². The van der Waals surface area contributed by atoms with Crippen molar-refractivity contribution >= 4 is 25.6 Å². The highest BCUT2D eigenvalue weighted by Gasteiger charge is 2.31. The Labute approximate surface area is 129 Å². The highest BCUT2D eigenvalue weighted by Crippen LogP contribution is 2.32. The lowest BCUT2D eigenvalue weighted by Crippen LogP contribution is -2.39. The Morgan fingerprint density at radius 2 is 2.19 bits per heavy atom. The van der Waals surface area contributed by atoms with E-state index in [4.69, 9.17) is 15.4 Å². The summed E-state index contributed by atoms with van der Waals surface area (Å²) in [5.74, 6) is 0.455. The third-order valence-electron chi connectivity index (χ3n) is 3.49. The SMILES string of the molecule is CCCCN(C)C(=O)C1Cc2cc(S(=O)(=O)Cl)ccc2O1. The molecule has 0 N–H and O–H groups in total. The van der Waals surface area contributed by atoms with Gasteiger partial charge in [-0.1, -0.05) is 13.3 Å². The smallest absolute Gasteiger partial charge is 0.263 e. The second kappa shape index (κ2) is 6.23. The van der Waals surface area contributed by atoms with Gasteiger partial charge >= 0.3 is 0 Å². The van der Waals surface area contributed by atoms with Crippen LogP contribution in [0.1, 0.15) is 25.3 Å². The molecule has 0 aliphatic carbocycles. The van der Waals surface area contributed by atoms with Crippen LogP contribution < -0.4 is 4.74 Å². The molecule has 1 unspecified atom stereocenters.